The minimum Gasteiger partial charge on any atom is -0.385 e. The van der Waals surface area contributed by atoms with Crippen LogP contribution in [0.5, 0.6) is 0 Å². The molecule has 0 radical (unpaired) electrons. The third kappa shape index (κ3) is 1.24. The van der Waals surface area contributed by atoms with Crippen molar-refractivity contribution in [2.45, 2.75) is 37.7 Å². The first-order valence-electron chi connectivity index (χ1n) is 5.23. The fourth-order valence-corrected chi connectivity index (χ4v) is 3.03. The largest absolute Gasteiger partial charge is 0.385 e. The van der Waals surface area contributed by atoms with Gasteiger partial charge in [0.1, 0.15) is 0 Å². The summed E-state index contributed by atoms with van der Waals surface area (Å²) in [5.74, 6) is 0. The molecular formula is C12H13BrO. The number of aliphatic hydroxyl groups is 1. The average molecular weight is 253 g/mol. The molecule has 2 heteroatoms. The minimum atomic E-state index is -0.486. The summed E-state index contributed by atoms with van der Waals surface area (Å²) < 4.78 is 1.20. The molecular weight excluding hydrogens is 240 g/mol. The van der Waals surface area contributed by atoms with Gasteiger partial charge in [0.05, 0.1) is 5.60 Å². The summed E-state index contributed by atoms with van der Waals surface area (Å²) in [7, 11) is 0. The van der Waals surface area contributed by atoms with Crippen molar-refractivity contribution >= 4 is 15.9 Å². The molecule has 1 aromatic rings. The number of fused-ring (bicyclic) bond motifs is 1. The lowest BCUT2D eigenvalue weighted by atomic mass is 10.0. The van der Waals surface area contributed by atoms with E-state index >= 15 is 0 Å². The Morgan fingerprint density at radius 3 is 2.71 bits per heavy atom. The average Bonchev–Trinajstić information content (AvgIpc) is 2.75. The van der Waals surface area contributed by atoms with Crippen LogP contribution in [0, 0.1) is 0 Å². The monoisotopic (exact) mass is 252 g/mol. The highest BCUT2D eigenvalue weighted by Crippen LogP contribution is 2.47. The predicted molar refractivity (Wildman–Crippen MR) is 59.3 cm³/mol. The SMILES string of the molecule is OC1(c2cc(Br)c3c(c2)CCC3)CC1. The van der Waals surface area contributed by atoms with Gasteiger partial charge >= 0.3 is 0 Å². The Bertz CT molecular complexity index is 394. The zero-order valence-electron chi connectivity index (χ0n) is 8.02. The summed E-state index contributed by atoms with van der Waals surface area (Å²) in [6, 6.07) is 4.32. The van der Waals surface area contributed by atoms with Crippen LogP contribution >= 0.6 is 15.9 Å². The molecule has 0 atom stereocenters. The lowest BCUT2D eigenvalue weighted by Gasteiger charge is -2.12. The standard InChI is InChI=1S/C12H13BrO/c13-11-7-9(12(14)4-5-12)6-8-2-1-3-10(8)11/h6-7,14H,1-5H2. The lowest BCUT2D eigenvalue weighted by Crippen LogP contribution is -2.05. The smallest absolute Gasteiger partial charge is 0.0899 e. The summed E-state index contributed by atoms with van der Waals surface area (Å²) in [5.41, 5.74) is 3.53. The van der Waals surface area contributed by atoms with Gasteiger partial charge in [-0.05, 0) is 54.9 Å². The topological polar surface area (TPSA) is 20.2 Å². The molecule has 3 rings (SSSR count). The van der Waals surface area contributed by atoms with Crippen LogP contribution < -0.4 is 0 Å². The quantitative estimate of drug-likeness (QED) is 0.815. The summed E-state index contributed by atoms with van der Waals surface area (Å²) in [6.07, 6.45) is 5.48. The van der Waals surface area contributed by atoms with Crippen molar-refractivity contribution in [3.05, 3.63) is 33.3 Å². The molecule has 0 saturated heterocycles. The second kappa shape index (κ2) is 2.83. The molecule has 0 aromatic heterocycles. The number of halogens is 1. The Morgan fingerprint density at radius 2 is 2.00 bits per heavy atom. The van der Waals surface area contributed by atoms with Gasteiger partial charge in [0.25, 0.3) is 0 Å². The predicted octanol–water partition coefficient (Wildman–Crippen LogP) is 2.92. The van der Waals surface area contributed by atoms with Crippen LogP contribution in [0.25, 0.3) is 0 Å². The highest BCUT2D eigenvalue weighted by atomic mass is 79.9. The molecule has 2 aliphatic rings. The van der Waals surface area contributed by atoms with Crippen LogP contribution in [0.3, 0.4) is 0 Å². The van der Waals surface area contributed by atoms with Crippen molar-refractivity contribution in [3.8, 4) is 0 Å². The first-order valence-corrected chi connectivity index (χ1v) is 6.02. The van der Waals surface area contributed by atoms with E-state index in [9.17, 15) is 5.11 Å². The van der Waals surface area contributed by atoms with Gasteiger partial charge in [-0.3, -0.25) is 0 Å². The van der Waals surface area contributed by atoms with Gasteiger partial charge in [-0.2, -0.15) is 0 Å². The van der Waals surface area contributed by atoms with Crippen molar-refractivity contribution in [2.24, 2.45) is 0 Å². The molecule has 2 aliphatic carbocycles. The molecule has 0 amide bonds. The Morgan fingerprint density at radius 1 is 1.21 bits per heavy atom. The lowest BCUT2D eigenvalue weighted by molar-refractivity contribution is 0.151. The van der Waals surface area contributed by atoms with E-state index in [1.54, 1.807) is 0 Å². The summed E-state index contributed by atoms with van der Waals surface area (Å²) in [5, 5.41) is 10.0. The first kappa shape index (κ1) is 8.93. The molecule has 0 unspecified atom stereocenters. The van der Waals surface area contributed by atoms with Crippen molar-refractivity contribution in [2.75, 3.05) is 0 Å². The van der Waals surface area contributed by atoms with E-state index in [2.05, 4.69) is 28.1 Å². The van der Waals surface area contributed by atoms with E-state index in [0.717, 1.165) is 18.4 Å². The molecule has 0 bridgehead atoms. The molecule has 1 N–H and O–H groups in total. The maximum Gasteiger partial charge on any atom is 0.0899 e. The Labute approximate surface area is 92.3 Å². The molecule has 1 fully saturated rings. The van der Waals surface area contributed by atoms with Gasteiger partial charge in [-0.25, -0.2) is 0 Å². The van der Waals surface area contributed by atoms with Gasteiger partial charge in [-0.15, -0.1) is 0 Å². The Kier molecular flexibility index (Phi) is 1.80. The highest BCUT2D eigenvalue weighted by molar-refractivity contribution is 9.10. The Hall–Kier alpha value is -0.340. The second-order valence-corrected chi connectivity index (χ2v) is 5.34. The van der Waals surface area contributed by atoms with Crippen LogP contribution in [-0.2, 0) is 18.4 Å². The van der Waals surface area contributed by atoms with E-state index in [0.29, 0.717) is 0 Å². The van der Waals surface area contributed by atoms with Crippen LogP contribution in [0.15, 0.2) is 16.6 Å². The number of aryl methyl sites for hydroxylation is 1. The minimum absolute atomic E-state index is 0.486. The maximum absolute atomic E-state index is 10.0. The third-order valence-electron chi connectivity index (χ3n) is 3.42. The number of rotatable bonds is 1. The zero-order valence-corrected chi connectivity index (χ0v) is 9.60. The number of hydrogen-bond donors (Lipinski definition) is 1. The van der Waals surface area contributed by atoms with Crippen molar-refractivity contribution in [3.63, 3.8) is 0 Å². The zero-order chi connectivity index (χ0) is 9.76. The summed E-state index contributed by atoms with van der Waals surface area (Å²) >= 11 is 3.61. The second-order valence-electron chi connectivity index (χ2n) is 4.48. The number of hydrogen-bond acceptors (Lipinski definition) is 1. The van der Waals surface area contributed by atoms with E-state index in [1.807, 2.05) is 0 Å². The number of benzene rings is 1. The van der Waals surface area contributed by atoms with Crippen LogP contribution in [0.1, 0.15) is 36.0 Å². The molecule has 0 spiro atoms. The first-order chi connectivity index (χ1) is 6.69. The van der Waals surface area contributed by atoms with E-state index in [1.165, 1.54) is 34.9 Å². The fourth-order valence-electron chi connectivity index (χ4n) is 2.33. The molecule has 1 saturated carbocycles. The van der Waals surface area contributed by atoms with Crippen LogP contribution in [0.4, 0.5) is 0 Å². The molecule has 14 heavy (non-hydrogen) atoms. The van der Waals surface area contributed by atoms with E-state index in [4.69, 9.17) is 0 Å². The van der Waals surface area contributed by atoms with E-state index in [-0.39, 0.29) is 0 Å². The molecule has 0 aliphatic heterocycles. The van der Waals surface area contributed by atoms with Gasteiger partial charge in [0.15, 0.2) is 0 Å². The molecule has 0 heterocycles. The van der Waals surface area contributed by atoms with Crippen molar-refractivity contribution < 1.29 is 5.11 Å². The molecule has 1 aromatic carbocycles. The van der Waals surface area contributed by atoms with Gasteiger partial charge in [0.2, 0.25) is 0 Å². The summed E-state index contributed by atoms with van der Waals surface area (Å²) in [4.78, 5) is 0. The van der Waals surface area contributed by atoms with Gasteiger partial charge < -0.3 is 5.11 Å². The van der Waals surface area contributed by atoms with Crippen LogP contribution in [-0.4, -0.2) is 5.11 Å². The third-order valence-corrected chi connectivity index (χ3v) is 4.13. The normalized spacial score (nSPS) is 22.1. The molecule has 74 valence electrons. The van der Waals surface area contributed by atoms with Gasteiger partial charge in [-0.1, -0.05) is 22.0 Å². The van der Waals surface area contributed by atoms with Crippen LogP contribution in [0.2, 0.25) is 0 Å². The van der Waals surface area contributed by atoms with Crippen molar-refractivity contribution in [1.82, 2.24) is 0 Å². The molecule has 1 nitrogen and oxygen atoms in total. The Balaban J connectivity index is 2.12. The maximum atomic E-state index is 10.0. The fraction of sp³-hybridized carbons (Fsp3) is 0.500. The van der Waals surface area contributed by atoms with Crippen molar-refractivity contribution in [1.29, 1.82) is 0 Å². The van der Waals surface area contributed by atoms with E-state index < -0.39 is 5.60 Å². The van der Waals surface area contributed by atoms with Gasteiger partial charge in [0, 0.05) is 4.47 Å². The highest BCUT2D eigenvalue weighted by Gasteiger charge is 2.42. The summed E-state index contributed by atoms with van der Waals surface area (Å²) in [6.45, 7) is 0.